The number of carbonyl (C=O) groups is 1. The van der Waals surface area contributed by atoms with Crippen molar-refractivity contribution in [3.8, 4) is 0 Å². The Balaban J connectivity index is 1.70. The van der Waals surface area contributed by atoms with E-state index in [2.05, 4.69) is 20.5 Å². The molecule has 3 rings (SSSR count). The Morgan fingerprint density at radius 2 is 2.04 bits per heavy atom. The summed E-state index contributed by atoms with van der Waals surface area (Å²) in [6, 6.07) is 8.41. The molecule has 1 aliphatic heterocycles. The van der Waals surface area contributed by atoms with E-state index in [1.54, 1.807) is 31.3 Å². The number of carbonyl (C=O) groups excluding carboxylic acids is 1. The molecular weight excluding hydrogens is 295 g/mol. The fraction of sp³-hybridized carbons (Fsp3) is 0.294. The average molecular weight is 314 g/mol. The zero-order valence-corrected chi connectivity index (χ0v) is 13.0. The smallest absolute Gasteiger partial charge is 0.259 e. The van der Waals surface area contributed by atoms with E-state index in [1.807, 2.05) is 6.07 Å². The van der Waals surface area contributed by atoms with Gasteiger partial charge in [0, 0.05) is 26.2 Å². The van der Waals surface area contributed by atoms with Crippen LogP contribution in [0.1, 0.15) is 15.9 Å². The highest BCUT2D eigenvalue weighted by Crippen LogP contribution is 2.17. The summed E-state index contributed by atoms with van der Waals surface area (Å²) >= 11 is 0. The van der Waals surface area contributed by atoms with Crippen LogP contribution in [0, 0.1) is 12.7 Å². The summed E-state index contributed by atoms with van der Waals surface area (Å²) < 4.78 is 14.0. The second-order valence-electron chi connectivity index (χ2n) is 5.53. The van der Waals surface area contributed by atoms with Crippen molar-refractivity contribution in [3.63, 3.8) is 0 Å². The molecule has 2 heterocycles. The van der Waals surface area contributed by atoms with E-state index >= 15 is 0 Å². The summed E-state index contributed by atoms with van der Waals surface area (Å²) in [4.78, 5) is 18.7. The Kier molecular flexibility index (Phi) is 4.52. The van der Waals surface area contributed by atoms with Crippen molar-refractivity contribution in [2.45, 2.75) is 6.92 Å². The maximum atomic E-state index is 14.0. The number of hydrogen-bond acceptors (Lipinski definition) is 4. The molecule has 2 aromatic rings. The number of hydrogen-bond donors (Lipinski definition) is 2. The van der Waals surface area contributed by atoms with Gasteiger partial charge in [-0.3, -0.25) is 4.79 Å². The van der Waals surface area contributed by atoms with Gasteiger partial charge in [-0.05, 0) is 30.7 Å². The highest BCUT2D eigenvalue weighted by Gasteiger charge is 2.14. The average Bonchev–Trinajstić information content (AvgIpc) is 2.59. The number of amides is 1. The highest BCUT2D eigenvalue weighted by atomic mass is 19.1. The monoisotopic (exact) mass is 314 g/mol. The predicted molar refractivity (Wildman–Crippen MR) is 88.4 cm³/mol. The van der Waals surface area contributed by atoms with Crippen LogP contribution in [-0.4, -0.2) is 37.1 Å². The molecule has 1 saturated heterocycles. The Bertz CT molecular complexity index is 696. The molecule has 2 N–H and O–H groups in total. The molecule has 0 atom stereocenters. The van der Waals surface area contributed by atoms with Gasteiger partial charge in [-0.25, -0.2) is 9.37 Å². The third-order valence-corrected chi connectivity index (χ3v) is 3.91. The number of rotatable bonds is 3. The van der Waals surface area contributed by atoms with Crippen LogP contribution in [0.15, 0.2) is 36.5 Å². The molecule has 1 aromatic carbocycles. The van der Waals surface area contributed by atoms with E-state index in [0.717, 1.165) is 31.9 Å². The Morgan fingerprint density at radius 3 is 2.74 bits per heavy atom. The molecule has 120 valence electrons. The molecule has 6 heteroatoms. The molecule has 0 spiro atoms. The number of piperazine rings is 1. The van der Waals surface area contributed by atoms with Crippen molar-refractivity contribution in [3.05, 3.63) is 53.5 Å². The van der Waals surface area contributed by atoms with Crippen LogP contribution >= 0.6 is 0 Å². The SMILES string of the molecule is Cc1cccc(C(=O)Nc2ccc(N3CCNCC3)cn2)c1F. The first-order valence-electron chi connectivity index (χ1n) is 7.63. The molecular formula is C17H19FN4O. The van der Waals surface area contributed by atoms with E-state index in [4.69, 9.17) is 0 Å². The van der Waals surface area contributed by atoms with Crippen LogP contribution in [0.2, 0.25) is 0 Å². The van der Waals surface area contributed by atoms with Gasteiger partial charge < -0.3 is 15.5 Å². The summed E-state index contributed by atoms with van der Waals surface area (Å²) in [7, 11) is 0. The van der Waals surface area contributed by atoms with Gasteiger partial charge in [0.25, 0.3) is 5.91 Å². The molecule has 1 aliphatic rings. The maximum absolute atomic E-state index is 14.0. The van der Waals surface area contributed by atoms with Crippen molar-refractivity contribution >= 4 is 17.4 Å². The topological polar surface area (TPSA) is 57.3 Å². The largest absolute Gasteiger partial charge is 0.368 e. The van der Waals surface area contributed by atoms with Crippen molar-refractivity contribution in [2.24, 2.45) is 0 Å². The van der Waals surface area contributed by atoms with Crippen LogP contribution in [0.4, 0.5) is 15.9 Å². The van der Waals surface area contributed by atoms with Crippen molar-refractivity contribution in [2.75, 3.05) is 36.4 Å². The number of benzene rings is 1. The molecule has 23 heavy (non-hydrogen) atoms. The lowest BCUT2D eigenvalue weighted by atomic mass is 10.1. The zero-order valence-electron chi connectivity index (χ0n) is 13.0. The summed E-state index contributed by atoms with van der Waals surface area (Å²) in [6.45, 7) is 5.40. The van der Waals surface area contributed by atoms with Gasteiger partial charge >= 0.3 is 0 Å². The van der Waals surface area contributed by atoms with E-state index in [9.17, 15) is 9.18 Å². The minimum absolute atomic E-state index is 0.0259. The van der Waals surface area contributed by atoms with Crippen LogP contribution in [-0.2, 0) is 0 Å². The van der Waals surface area contributed by atoms with Gasteiger partial charge in [0.05, 0.1) is 17.4 Å². The minimum atomic E-state index is -0.498. The molecule has 0 aliphatic carbocycles. The fourth-order valence-electron chi connectivity index (χ4n) is 2.58. The van der Waals surface area contributed by atoms with Gasteiger partial charge in [-0.15, -0.1) is 0 Å². The molecule has 1 amide bonds. The summed E-state index contributed by atoms with van der Waals surface area (Å²) in [5, 5.41) is 5.93. The molecule has 0 radical (unpaired) electrons. The highest BCUT2D eigenvalue weighted by molar-refractivity contribution is 6.04. The first kappa shape index (κ1) is 15.4. The lowest BCUT2D eigenvalue weighted by Crippen LogP contribution is -2.43. The molecule has 1 aromatic heterocycles. The molecule has 5 nitrogen and oxygen atoms in total. The first-order valence-corrected chi connectivity index (χ1v) is 7.63. The minimum Gasteiger partial charge on any atom is -0.368 e. The third kappa shape index (κ3) is 3.48. The normalized spacial score (nSPS) is 14.6. The zero-order chi connectivity index (χ0) is 16.2. The standard InChI is InChI=1S/C17H19FN4O/c1-12-3-2-4-14(16(12)18)17(23)21-15-6-5-13(11-20-15)22-9-7-19-8-10-22/h2-6,11,19H,7-10H2,1H3,(H,20,21,23). The van der Waals surface area contributed by atoms with Crippen molar-refractivity contribution in [1.82, 2.24) is 10.3 Å². The van der Waals surface area contributed by atoms with E-state index in [-0.39, 0.29) is 5.56 Å². The van der Waals surface area contributed by atoms with Gasteiger partial charge in [-0.1, -0.05) is 12.1 Å². The second-order valence-corrected chi connectivity index (χ2v) is 5.53. The number of aromatic nitrogens is 1. The van der Waals surface area contributed by atoms with Gasteiger partial charge in [0.1, 0.15) is 11.6 Å². The second kappa shape index (κ2) is 6.75. The van der Waals surface area contributed by atoms with Gasteiger partial charge in [0.15, 0.2) is 0 Å². The van der Waals surface area contributed by atoms with Crippen LogP contribution in [0.3, 0.4) is 0 Å². The number of anilines is 2. The van der Waals surface area contributed by atoms with E-state index in [1.165, 1.54) is 6.07 Å². The van der Waals surface area contributed by atoms with Crippen LogP contribution in [0.5, 0.6) is 0 Å². The number of nitrogens with one attached hydrogen (secondary N) is 2. The lowest BCUT2D eigenvalue weighted by molar-refractivity contribution is 0.102. The molecule has 1 fully saturated rings. The lowest BCUT2D eigenvalue weighted by Gasteiger charge is -2.29. The fourth-order valence-corrected chi connectivity index (χ4v) is 2.58. The Labute approximate surface area is 134 Å². The number of halogens is 1. The third-order valence-electron chi connectivity index (χ3n) is 3.91. The Hall–Kier alpha value is -2.47. The van der Waals surface area contributed by atoms with Crippen LogP contribution < -0.4 is 15.5 Å². The Morgan fingerprint density at radius 1 is 1.26 bits per heavy atom. The van der Waals surface area contributed by atoms with E-state index < -0.39 is 11.7 Å². The summed E-state index contributed by atoms with van der Waals surface area (Å²) in [5.74, 6) is -0.578. The van der Waals surface area contributed by atoms with Gasteiger partial charge in [-0.2, -0.15) is 0 Å². The van der Waals surface area contributed by atoms with E-state index in [0.29, 0.717) is 11.4 Å². The number of nitrogens with zero attached hydrogens (tertiary/aromatic N) is 2. The number of pyridine rings is 1. The summed E-state index contributed by atoms with van der Waals surface area (Å²) in [5.41, 5.74) is 1.49. The van der Waals surface area contributed by atoms with Crippen molar-refractivity contribution < 1.29 is 9.18 Å². The molecule has 0 bridgehead atoms. The van der Waals surface area contributed by atoms with Gasteiger partial charge in [0.2, 0.25) is 0 Å². The number of aryl methyl sites for hydroxylation is 1. The van der Waals surface area contributed by atoms with Crippen molar-refractivity contribution in [1.29, 1.82) is 0 Å². The molecule has 0 saturated carbocycles. The van der Waals surface area contributed by atoms with Crippen LogP contribution in [0.25, 0.3) is 0 Å². The first-order chi connectivity index (χ1) is 11.1. The quantitative estimate of drug-likeness (QED) is 0.912. The summed E-state index contributed by atoms with van der Waals surface area (Å²) in [6.07, 6.45) is 1.73. The maximum Gasteiger partial charge on any atom is 0.259 e. The molecule has 0 unspecified atom stereocenters. The predicted octanol–water partition coefficient (Wildman–Crippen LogP) is 2.19.